The number of carbonyl (C=O) groups is 2. The molecule has 20 heavy (non-hydrogen) atoms. The molecule has 0 aromatic rings. The molecule has 1 rings (SSSR count). The molecule has 0 atom stereocenters. The Kier molecular flexibility index (Phi) is 11.9. The predicted molar refractivity (Wildman–Crippen MR) is 87.8 cm³/mol. The summed E-state index contributed by atoms with van der Waals surface area (Å²) in [7, 11) is 0. The van der Waals surface area contributed by atoms with Crippen LogP contribution in [0.15, 0.2) is 34.4 Å². The van der Waals surface area contributed by atoms with Crippen molar-refractivity contribution in [3.63, 3.8) is 0 Å². The normalized spacial score (nSPS) is 15.0. The first-order valence-electron chi connectivity index (χ1n) is 7.67. The van der Waals surface area contributed by atoms with E-state index < -0.39 is 0 Å². The van der Waals surface area contributed by atoms with Crippen molar-refractivity contribution in [2.75, 3.05) is 0 Å². The second-order valence-electron chi connectivity index (χ2n) is 4.05. The molecule has 0 saturated heterocycles. The van der Waals surface area contributed by atoms with Gasteiger partial charge in [-0.15, -0.1) is 0 Å². The van der Waals surface area contributed by atoms with Crippen LogP contribution in [0, 0.1) is 0 Å². The summed E-state index contributed by atoms with van der Waals surface area (Å²) in [4.78, 5) is 24.1. The van der Waals surface area contributed by atoms with Crippen LogP contribution in [0.3, 0.4) is 0 Å². The van der Waals surface area contributed by atoms with E-state index in [1.54, 1.807) is 26.0 Å². The van der Waals surface area contributed by atoms with Crippen LogP contribution in [0.2, 0.25) is 0 Å². The van der Waals surface area contributed by atoms with E-state index in [-0.39, 0.29) is 11.6 Å². The van der Waals surface area contributed by atoms with Crippen LogP contribution in [0.25, 0.3) is 0 Å². The van der Waals surface area contributed by atoms with Gasteiger partial charge in [0.15, 0.2) is 11.6 Å². The largest absolute Gasteiger partial charge is 0.289 e. The molecule has 0 heterocycles. The third-order valence-electron chi connectivity index (χ3n) is 2.89. The minimum atomic E-state index is -0.00125. The molecule has 0 saturated carbocycles. The highest BCUT2D eigenvalue weighted by atomic mass is 16.1. The minimum absolute atomic E-state index is 0.00125. The fraction of sp³-hybridized carbons (Fsp3) is 0.556. The fourth-order valence-corrected chi connectivity index (χ4v) is 1.95. The predicted octanol–water partition coefficient (Wildman–Crippen LogP) is 5.20. The molecule has 1 aliphatic rings. The van der Waals surface area contributed by atoms with Gasteiger partial charge in [0.2, 0.25) is 0 Å². The van der Waals surface area contributed by atoms with Crippen LogP contribution in [0.1, 0.15) is 68.2 Å². The molecule has 0 radical (unpaired) electrons. The number of rotatable bonds is 3. The topological polar surface area (TPSA) is 34.1 Å². The molecule has 0 aromatic heterocycles. The third kappa shape index (κ3) is 4.92. The quantitative estimate of drug-likeness (QED) is 0.665. The van der Waals surface area contributed by atoms with Crippen LogP contribution in [-0.4, -0.2) is 11.6 Å². The molecule has 0 aromatic carbocycles. The SMILES string of the molecule is C/C=C\C1=C(C)C(=O)C(CCC)=C(C)C1=O.CC.CC. The molecular weight excluding hydrogens is 248 g/mol. The first-order valence-corrected chi connectivity index (χ1v) is 7.67. The molecule has 2 nitrogen and oxygen atoms in total. The second-order valence-corrected chi connectivity index (χ2v) is 4.05. The summed E-state index contributed by atoms with van der Waals surface area (Å²) in [5.74, 6) is 0.0331. The molecular formula is C18H30O2. The number of Topliss-reactive ketones (excluding diaryl/α,β-unsaturated/α-hetero) is 2. The molecule has 0 N–H and O–H groups in total. The van der Waals surface area contributed by atoms with E-state index in [9.17, 15) is 9.59 Å². The van der Waals surface area contributed by atoms with Gasteiger partial charge in [-0.25, -0.2) is 0 Å². The molecule has 0 aliphatic heterocycles. The van der Waals surface area contributed by atoms with Crippen LogP contribution in [-0.2, 0) is 9.59 Å². The van der Waals surface area contributed by atoms with Crippen LogP contribution in [0.5, 0.6) is 0 Å². The van der Waals surface area contributed by atoms with Gasteiger partial charge >= 0.3 is 0 Å². The van der Waals surface area contributed by atoms with Gasteiger partial charge in [0, 0.05) is 22.3 Å². The van der Waals surface area contributed by atoms with E-state index in [2.05, 4.69) is 0 Å². The number of hydrogen-bond donors (Lipinski definition) is 0. The van der Waals surface area contributed by atoms with Gasteiger partial charge in [-0.1, -0.05) is 53.2 Å². The van der Waals surface area contributed by atoms with Gasteiger partial charge in [-0.05, 0) is 27.2 Å². The third-order valence-corrected chi connectivity index (χ3v) is 2.89. The maximum atomic E-state index is 12.1. The molecule has 0 unspecified atom stereocenters. The molecule has 2 heteroatoms. The average Bonchev–Trinajstić information content (AvgIpc) is 2.50. The van der Waals surface area contributed by atoms with Gasteiger partial charge in [0.05, 0.1) is 0 Å². The van der Waals surface area contributed by atoms with E-state index in [4.69, 9.17) is 0 Å². The Hall–Kier alpha value is -1.44. The zero-order valence-electron chi connectivity index (χ0n) is 14.4. The fourth-order valence-electron chi connectivity index (χ4n) is 1.95. The number of allylic oxidation sites excluding steroid dienone is 6. The summed E-state index contributed by atoms with van der Waals surface area (Å²) in [5.41, 5.74) is 2.44. The summed E-state index contributed by atoms with van der Waals surface area (Å²) < 4.78 is 0. The van der Waals surface area contributed by atoms with Gasteiger partial charge in [0.1, 0.15) is 0 Å². The van der Waals surface area contributed by atoms with E-state index in [0.717, 1.165) is 6.42 Å². The van der Waals surface area contributed by atoms with Crippen molar-refractivity contribution in [3.05, 3.63) is 34.4 Å². The highest BCUT2D eigenvalue weighted by Crippen LogP contribution is 2.27. The van der Waals surface area contributed by atoms with E-state index in [0.29, 0.717) is 28.7 Å². The van der Waals surface area contributed by atoms with Crippen molar-refractivity contribution in [2.45, 2.75) is 68.2 Å². The van der Waals surface area contributed by atoms with Gasteiger partial charge in [0.25, 0.3) is 0 Å². The summed E-state index contributed by atoms with van der Waals surface area (Å²) in [6.07, 6.45) is 5.10. The summed E-state index contributed by atoms with van der Waals surface area (Å²) in [6, 6.07) is 0. The zero-order chi connectivity index (χ0) is 16.3. The lowest BCUT2D eigenvalue weighted by molar-refractivity contribution is -0.116. The maximum absolute atomic E-state index is 12.1. The van der Waals surface area contributed by atoms with Crippen molar-refractivity contribution in [3.8, 4) is 0 Å². The summed E-state index contributed by atoms with van der Waals surface area (Å²) in [6.45, 7) is 15.3. The summed E-state index contributed by atoms with van der Waals surface area (Å²) in [5, 5.41) is 0. The van der Waals surface area contributed by atoms with Crippen molar-refractivity contribution >= 4 is 11.6 Å². The second kappa shape index (κ2) is 11.4. The van der Waals surface area contributed by atoms with Crippen LogP contribution >= 0.6 is 0 Å². The van der Waals surface area contributed by atoms with Crippen molar-refractivity contribution in [1.29, 1.82) is 0 Å². The standard InChI is InChI=1S/C14H18O2.2C2H6/c1-5-7-11-9(3)14(16)12(8-6-2)10(4)13(11)15;2*1-2/h5,7H,6,8H2,1-4H3;2*1-2H3/b7-5-;;. The lowest BCUT2D eigenvalue weighted by atomic mass is 9.83. The van der Waals surface area contributed by atoms with Crippen molar-refractivity contribution < 1.29 is 9.59 Å². The zero-order valence-corrected chi connectivity index (χ0v) is 14.4. The van der Waals surface area contributed by atoms with E-state index >= 15 is 0 Å². The molecule has 1 aliphatic carbocycles. The van der Waals surface area contributed by atoms with Crippen LogP contribution < -0.4 is 0 Å². The maximum Gasteiger partial charge on any atom is 0.189 e. The number of ketones is 2. The van der Waals surface area contributed by atoms with Gasteiger partial charge < -0.3 is 0 Å². The molecule has 0 bridgehead atoms. The smallest absolute Gasteiger partial charge is 0.189 e. The molecule has 0 fully saturated rings. The first-order chi connectivity index (χ1) is 9.54. The number of carbonyl (C=O) groups excluding carboxylic acids is 2. The summed E-state index contributed by atoms with van der Waals surface area (Å²) >= 11 is 0. The Bertz CT molecular complexity index is 417. The van der Waals surface area contributed by atoms with Crippen LogP contribution in [0.4, 0.5) is 0 Å². The Morgan fingerprint density at radius 1 is 0.900 bits per heavy atom. The first kappa shape index (κ1) is 20.9. The average molecular weight is 278 g/mol. The lowest BCUT2D eigenvalue weighted by Crippen LogP contribution is -2.21. The number of hydrogen-bond acceptors (Lipinski definition) is 2. The Labute approximate surface area is 124 Å². The highest BCUT2D eigenvalue weighted by molar-refractivity contribution is 6.25. The Morgan fingerprint density at radius 3 is 1.80 bits per heavy atom. The molecule has 0 spiro atoms. The van der Waals surface area contributed by atoms with E-state index in [1.807, 2.05) is 41.5 Å². The molecule has 114 valence electrons. The van der Waals surface area contributed by atoms with Crippen molar-refractivity contribution in [2.24, 2.45) is 0 Å². The van der Waals surface area contributed by atoms with Crippen molar-refractivity contribution in [1.82, 2.24) is 0 Å². The Morgan fingerprint density at radius 2 is 1.40 bits per heavy atom. The highest BCUT2D eigenvalue weighted by Gasteiger charge is 2.27. The monoisotopic (exact) mass is 278 g/mol. The molecule has 0 amide bonds. The lowest BCUT2D eigenvalue weighted by Gasteiger charge is -2.18. The Balaban J connectivity index is 0. The minimum Gasteiger partial charge on any atom is -0.289 e. The van der Waals surface area contributed by atoms with E-state index in [1.165, 1.54) is 0 Å². The van der Waals surface area contributed by atoms with Gasteiger partial charge in [-0.2, -0.15) is 0 Å². The van der Waals surface area contributed by atoms with Gasteiger partial charge in [-0.3, -0.25) is 9.59 Å².